The monoisotopic (exact) mass is 326 g/mol. The molecule has 0 aliphatic heterocycles. The topological polar surface area (TPSA) is 56.7 Å². The van der Waals surface area contributed by atoms with Crippen molar-refractivity contribution in [2.24, 2.45) is 4.99 Å². The Balaban J connectivity index is 1.91. The highest BCUT2D eigenvalue weighted by Crippen LogP contribution is 2.28. The van der Waals surface area contributed by atoms with Crippen LogP contribution in [0.5, 0.6) is 0 Å². The Labute approximate surface area is 138 Å². The first kappa shape index (κ1) is 17.4. The summed E-state index contributed by atoms with van der Waals surface area (Å²) in [5, 5.41) is 7.85. The Morgan fingerprint density at radius 3 is 2.41 bits per heavy atom. The number of likely N-dealkylation sites (N-methyl/N-ethyl adjacent to an activating group) is 1. The fourth-order valence-electron chi connectivity index (χ4n) is 3.16. The van der Waals surface area contributed by atoms with Crippen LogP contribution in [0.2, 0.25) is 0 Å². The highest BCUT2D eigenvalue weighted by atomic mass is 32.2. The molecule has 0 bridgehead atoms. The molecule has 0 radical (unpaired) electrons. The molecule has 22 heavy (non-hydrogen) atoms. The van der Waals surface area contributed by atoms with Crippen LogP contribution < -0.4 is 10.6 Å². The third kappa shape index (κ3) is 5.38. The van der Waals surface area contributed by atoms with Crippen LogP contribution in [0.25, 0.3) is 0 Å². The maximum absolute atomic E-state index is 11.8. The van der Waals surface area contributed by atoms with Crippen molar-refractivity contribution in [2.45, 2.75) is 62.3 Å². The van der Waals surface area contributed by atoms with E-state index in [9.17, 15) is 4.79 Å². The number of guanidine groups is 1. The van der Waals surface area contributed by atoms with E-state index in [1.54, 1.807) is 19.0 Å². The van der Waals surface area contributed by atoms with Gasteiger partial charge in [0.05, 0.1) is 0 Å². The quantitative estimate of drug-likeness (QED) is 0.598. The highest BCUT2D eigenvalue weighted by Gasteiger charge is 2.25. The van der Waals surface area contributed by atoms with Gasteiger partial charge in [0.1, 0.15) is 6.54 Å². The first-order valence-corrected chi connectivity index (χ1v) is 9.67. The van der Waals surface area contributed by atoms with Crippen LogP contribution in [0.4, 0.5) is 0 Å². The molecule has 2 aliphatic rings. The standard InChI is InChI=1S/C16H30N4OS/c1-20(2)15(21)11-17-16(18-12-6-4-5-7-12)19-13-8-9-14(10-13)22-3/h12-14H,4-11H2,1-3H3,(H2,17,18,19). The Hall–Kier alpha value is -0.910. The lowest BCUT2D eigenvalue weighted by Gasteiger charge is -2.21. The number of carbonyl (C=O) groups is 1. The fourth-order valence-corrected chi connectivity index (χ4v) is 3.96. The number of nitrogens with zero attached hydrogens (tertiary/aromatic N) is 2. The van der Waals surface area contributed by atoms with Crippen molar-refractivity contribution in [3.05, 3.63) is 0 Å². The molecule has 2 N–H and O–H groups in total. The van der Waals surface area contributed by atoms with E-state index in [0.717, 1.165) is 11.2 Å². The summed E-state index contributed by atoms with van der Waals surface area (Å²) in [4.78, 5) is 17.9. The van der Waals surface area contributed by atoms with Gasteiger partial charge in [-0.2, -0.15) is 11.8 Å². The zero-order valence-electron chi connectivity index (χ0n) is 14.1. The minimum Gasteiger partial charge on any atom is -0.354 e. The minimum atomic E-state index is 0.0425. The average molecular weight is 327 g/mol. The third-order valence-corrected chi connectivity index (χ3v) is 5.72. The molecule has 0 spiro atoms. The van der Waals surface area contributed by atoms with Crippen molar-refractivity contribution in [1.82, 2.24) is 15.5 Å². The summed E-state index contributed by atoms with van der Waals surface area (Å²) in [6.45, 7) is 0.216. The summed E-state index contributed by atoms with van der Waals surface area (Å²) < 4.78 is 0. The number of aliphatic imine (C=N–C) groups is 1. The number of amides is 1. The van der Waals surface area contributed by atoms with Crippen molar-refractivity contribution < 1.29 is 4.79 Å². The second-order valence-corrected chi connectivity index (χ2v) is 7.73. The van der Waals surface area contributed by atoms with Crippen LogP contribution in [-0.4, -0.2) is 61.0 Å². The summed E-state index contributed by atoms with van der Waals surface area (Å²) in [6.07, 6.45) is 10.8. The van der Waals surface area contributed by atoms with E-state index in [2.05, 4.69) is 21.9 Å². The van der Waals surface area contributed by atoms with Gasteiger partial charge in [-0.05, 0) is 38.4 Å². The molecule has 0 saturated heterocycles. The normalized spacial score (nSPS) is 26.2. The summed E-state index contributed by atoms with van der Waals surface area (Å²) in [5.41, 5.74) is 0. The molecule has 2 rings (SSSR count). The Morgan fingerprint density at radius 1 is 1.14 bits per heavy atom. The second kappa shape index (κ2) is 8.65. The summed E-state index contributed by atoms with van der Waals surface area (Å²) in [6, 6.07) is 0.998. The second-order valence-electron chi connectivity index (χ2n) is 6.59. The van der Waals surface area contributed by atoms with E-state index in [1.807, 2.05) is 11.8 Å². The number of rotatable bonds is 5. The predicted octanol–water partition coefficient (Wildman–Crippen LogP) is 1.84. The smallest absolute Gasteiger partial charge is 0.243 e. The average Bonchev–Trinajstić information content (AvgIpc) is 3.15. The van der Waals surface area contributed by atoms with Gasteiger partial charge in [-0.3, -0.25) is 4.79 Å². The van der Waals surface area contributed by atoms with Gasteiger partial charge < -0.3 is 15.5 Å². The van der Waals surface area contributed by atoms with Crippen LogP contribution in [0.3, 0.4) is 0 Å². The molecule has 2 fully saturated rings. The number of nitrogens with one attached hydrogen (secondary N) is 2. The maximum atomic E-state index is 11.8. The van der Waals surface area contributed by atoms with Crippen LogP contribution in [0.15, 0.2) is 4.99 Å². The van der Waals surface area contributed by atoms with Gasteiger partial charge in [0, 0.05) is 31.4 Å². The lowest BCUT2D eigenvalue weighted by Crippen LogP contribution is -2.46. The van der Waals surface area contributed by atoms with Crippen LogP contribution >= 0.6 is 11.8 Å². The predicted molar refractivity (Wildman–Crippen MR) is 94.5 cm³/mol. The van der Waals surface area contributed by atoms with E-state index in [4.69, 9.17) is 0 Å². The van der Waals surface area contributed by atoms with Gasteiger partial charge in [0.2, 0.25) is 5.91 Å². The molecule has 2 aliphatic carbocycles. The molecule has 126 valence electrons. The van der Waals surface area contributed by atoms with Crippen molar-refractivity contribution >= 4 is 23.6 Å². The van der Waals surface area contributed by atoms with Crippen LogP contribution in [0.1, 0.15) is 44.9 Å². The number of carbonyl (C=O) groups excluding carboxylic acids is 1. The SMILES string of the molecule is CSC1CCC(NC(=NCC(=O)N(C)C)NC2CCCC2)C1. The molecular formula is C16H30N4OS. The van der Waals surface area contributed by atoms with Gasteiger partial charge in [0.25, 0.3) is 0 Å². The van der Waals surface area contributed by atoms with Crippen molar-refractivity contribution in [3.63, 3.8) is 0 Å². The first-order chi connectivity index (χ1) is 10.6. The van der Waals surface area contributed by atoms with Crippen molar-refractivity contribution in [3.8, 4) is 0 Å². The van der Waals surface area contributed by atoms with E-state index >= 15 is 0 Å². The van der Waals surface area contributed by atoms with E-state index in [-0.39, 0.29) is 12.5 Å². The number of hydrogen-bond donors (Lipinski definition) is 2. The zero-order chi connectivity index (χ0) is 15.9. The fraction of sp³-hybridized carbons (Fsp3) is 0.875. The van der Waals surface area contributed by atoms with Crippen LogP contribution in [-0.2, 0) is 4.79 Å². The minimum absolute atomic E-state index is 0.0425. The van der Waals surface area contributed by atoms with Crippen molar-refractivity contribution in [2.75, 3.05) is 26.9 Å². The van der Waals surface area contributed by atoms with E-state index < -0.39 is 0 Å². The third-order valence-electron chi connectivity index (χ3n) is 4.63. The molecule has 0 heterocycles. The molecule has 0 aromatic heterocycles. The maximum Gasteiger partial charge on any atom is 0.243 e. The largest absolute Gasteiger partial charge is 0.354 e. The van der Waals surface area contributed by atoms with Gasteiger partial charge in [-0.15, -0.1) is 0 Å². The summed E-state index contributed by atoms with van der Waals surface area (Å²) in [7, 11) is 3.55. The van der Waals surface area contributed by atoms with Crippen LogP contribution in [0, 0.1) is 0 Å². The summed E-state index contributed by atoms with van der Waals surface area (Å²) >= 11 is 1.96. The van der Waals surface area contributed by atoms with Gasteiger partial charge in [-0.25, -0.2) is 4.99 Å². The number of thioether (sulfide) groups is 1. The molecule has 0 aromatic carbocycles. The number of hydrogen-bond acceptors (Lipinski definition) is 3. The van der Waals surface area contributed by atoms with Crippen molar-refractivity contribution in [1.29, 1.82) is 0 Å². The van der Waals surface area contributed by atoms with Gasteiger partial charge in [-0.1, -0.05) is 12.8 Å². The van der Waals surface area contributed by atoms with E-state index in [1.165, 1.54) is 44.9 Å². The molecule has 5 nitrogen and oxygen atoms in total. The molecule has 6 heteroatoms. The molecule has 2 saturated carbocycles. The lowest BCUT2D eigenvalue weighted by atomic mass is 10.2. The van der Waals surface area contributed by atoms with Gasteiger partial charge >= 0.3 is 0 Å². The molecule has 1 amide bonds. The van der Waals surface area contributed by atoms with E-state index in [0.29, 0.717) is 12.1 Å². The Morgan fingerprint density at radius 2 is 1.82 bits per heavy atom. The molecule has 2 atom stereocenters. The van der Waals surface area contributed by atoms with Gasteiger partial charge in [0.15, 0.2) is 5.96 Å². The molecule has 0 aromatic rings. The lowest BCUT2D eigenvalue weighted by molar-refractivity contribution is -0.127. The molecular weight excluding hydrogens is 296 g/mol. The first-order valence-electron chi connectivity index (χ1n) is 8.39. The molecule has 2 unspecified atom stereocenters. The highest BCUT2D eigenvalue weighted by molar-refractivity contribution is 7.99. The Bertz CT molecular complexity index is 394. The zero-order valence-corrected chi connectivity index (χ0v) is 14.9. The Kier molecular flexibility index (Phi) is 6.86. The summed E-state index contributed by atoms with van der Waals surface area (Å²) in [5.74, 6) is 0.870.